The van der Waals surface area contributed by atoms with Gasteiger partial charge in [0.1, 0.15) is 5.82 Å². The molecule has 2 bridgehead atoms. The van der Waals surface area contributed by atoms with E-state index in [2.05, 4.69) is 24.6 Å². The maximum absolute atomic E-state index is 12.6. The van der Waals surface area contributed by atoms with Crippen LogP contribution >= 0.6 is 0 Å². The first-order chi connectivity index (χ1) is 12.5. The molecule has 3 aliphatic carbocycles. The van der Waals surface area contributed by atoms with Crippen molar-refractivity contribution in [1.29, 1.82) is 0 Å². The van der Waals surface area contributed by atoms with Crippen LogP contribution in [0.3, 0.4) is 0 Å². The lowest BCUT2D eigenvalue weighted by atomic mass is 9.82. The predicted molar refractivity (Wildman–Crippen MR) is 96.6 cm³/mol. The normalized spacial score (nSPS) is 31.4. The van der Waals surface area contributed by atoms with Crippen molar-refractivity contribution in [2.75, 3.05) is 5.75 Å². The number of nitrogens with one attached hydrogen (secondary N) is 1. The summed E-state index contributed by atoms with van der Waals surface area (Å²) in [5.41, 5.74) is 2.47. The Morgan fingerprint density at radius 1 is 1.19 bits per heavy atom. The fourth-order valence-electron chi connectivity index (χ4n) is 5.52. The van der Waals surface area contributed by atoms with Crippen LogP contribution in [0.2, 0.25) is 0 Å². The molecule has 3 heterocycles. The van der Waals surface area contributed by atoms with Gasteiger partial charge in [0.25, 0.3) is 0 Å². The second-order valence-electron chi connectivity index (χ2n) is 8.65. The van der Waals surface area contributed by atoms with Gasteiger partial charge < -0.3 is 4.98 Å². The largest absolute Gasteiger partial charge is 0.345 e. The highest BCUT2D eigenvalue weighted by Crippen LogP contribution is 2.62. The van der Waals surface area contributed by atoms with Crippen LogP contribution in [0.5, 0.6) is 0 Å². The molecule has 6 rings (SSSR count). The van der Waals surface area contributed by atoms with E-state index in [1.165, 1.54) is 0 Å². The van der Waals surface area contributed by atoms with E-state index in [4.69, 9.17) is 0 Å². The van der Waals surface area contributed by atoms with E-state index in [-0.39, 0.29) is 16.1 Å². The van der Waals surface area contributed by atoms with Gasteiger partial charge in [0.05, 0.1) is 22.7 Å². The van der Waals surface area contributed by atoms with E-state index in [1.807, 2.05) is 12.3 Å². The van der Waals surface area contributed by atoms with Gasteiger partial charge in [-0.3, -0.25) is 4.40 Å². The molecule has 0 atom stereocenters. The molecule has 3 saturated carbocycles. The predicted octanol–water partition coefficient (Wildman–Crippen LogP) is 2.38. The highest BCUT2D eigenvalue weighted by atomic mass is 32.2. The van der Waals surface area contributed by atoms with Gasteiger partial charge in [-0.25, -0.2) is 13.4 Å². The quantitative estimate of drug-likeness (QED) is 0.760. The van der Waals surface area contributed by atoms with Crippen LogP contribution in [-0.2, 0) is 15.3 Å². The molecule has 0 aliphatic heterocycles. The van der Waals surface area contributed by atoms with Crippen LogP contribution in [0, 0.1) is 5.41 Å². The second kappa shape index (κ2) is 4.65. The molecular formula is C18H21N5O2S. The molecule has 0 amide bonds. The number of aromatic nitrogens is 5. The van der Waals surface area contributed by atoms with Crippen molar-refractivity contribution in [3.8, 4) is 0 Å². The molecule has 3 fully saturated rings. The molecule has 0 aromatic carbocycles. The summed E-state index contributed by atoms with van der Waals surface area (Å²) < 4.78 is 27.4. The van der Waals surface area contributed by atoms with Crippen molar-refractivity contribution in [2.24, 2.45) is 5.41 Å². The van der Waals surface area contributed by atoms with Gasteiger partial charge >= 0.3 is 0 Å². The maximum atomic E-state index is 12.6. The summed E-state index contributed by atoms with van der Waals surface area (Å²) in [6, 6.07) is 2.01. The topological polar surface area (TPSA) is 93.0 Å². The fraction of sp³-hybridized carbons (Fsp3) is 0.611. The van der Waals surface area contributed by atoms with Crippen molar-refractivity contribution >= 4 is 26.6 Å². The Morgan fingerprint density at radius 2 is 2.00 bits per heavy atom. The number of aromatic amines is 1. The summed E-state index contributed by atoms with van der Waals surface area (Å²) in [5.74, 6) is 1.35. The van der Waals surface area contributed by atoms with Gasteiger partial charge in [-0.15, -0.1) is 10.2 Å². The van der Waals surface area contributed by atoms with Crippen LogP contribution in [0.15, 0.2) is 18.5 Å². The fourth-order valence-corrected chi connectivity index (χ4v) is 7.85. The van der Waals surface area contributed by atoms with Gasteiger partial charge in [0.15, 0.2) is 21.1 Å². The van der Waals surface area contributed by atoms with E-state index in [0.29, 0.717) is 5.75 Å². The van der Waals surface area contributed by atoms with E-state index >= 15 is 0 Å². The monoisotopic (exact) mass is 371 g/mol. The molecule has 8 heteroatoms. The number of H-pyrrole nitrogens is 1. The average molecular weight is 371 g/mol. The number of hydrogen-bond donors (Lipinski definition) is 1. The summed E-state index contributed by atoms with van der Waals surface area (Å²) >= 11 is 0. The van der Waals surface area contributed by atoms with E-state index < -0.39 is 9.84 Å². The molecule has 0 saturated heterocycles. The zero-order valence-corrected chi connectivity index (χ0v) is 15.3. The Balaban J connectivity index is 1.43. The zero-order valence-electron chi connectivity index (χ0n) is 14.5. The first-order valence-corrected chi connectivity index (χ1v) is 11.1. The van der Waals surface area contributed by atoms with Gasteiger partial charge in [0, 0.05) is 11.6 Å². The van der Waals surface area contributed by atoms with Crippen molar-refractivity contribution < 1.29 is 8.42 Å². The van der Waals surface area contributed by atoms with Crippen molar-refractivity contribution in [1.82, 2.24) is 24.6 Å². The van der Waals surface area contributed by atoms with Crippen molar-refractivity contribution in [3.05, 3.63) is 24.3 Å². The lowest BCUT2D eigenvalue weighted by Gasteiger charge is -2.27. The summed E-state index contributed by atoms with van der Waals surface area (Å²) in [4.78, 5) is 7.55. The van der Waals surface area contributed by atoms with Gasteiger partial charge in [-0.05, 0) is 56.4 Å². The minimum absolute atomic E-state index is 0.0515. The Kier molecular flexibility index (Phi) is 2.71. The van der Waals surface area contributed by atoms with Gasteiger partial charge in [0.2, 0.25) is 0 Å². The van der Waals surface area contributed by atoms with Crippen LogP contribution in [0.4, 0.5) is 0 Å². The van der Waals surface area contributed by atoms with Gasteiger partial charge in [-0.1, -0.05) is 0 Å². The summed E-state index contributed by atoms with van der Waals surface area (Å²) in [6.45, 7) is 0. The maximum Gasteiger partial charge on any atom is 0.179 e. The Morgan fingerprint density at radius 3 is 2.77 bits per heavy atom. The first kappa shape index (κ1) is 15.1. The third-order valence-electron chi connectivity index (χ3n) is 6.94. The summed E-state index contributed by atoms with van der Waals surface area (Å²) in [7, 11) is -2.94. The van der Waals surface area contributed by atoms with Gasteiger partial charge in [-0.2, -0.15) is 0 Å². The van der Waals surface area contributed by atoms with Crippen LogP contribution in [0.25, 0.3) is 16.8 Å². The second-order valence-corrected chi connectivity index (χ2v) is 10.9. The Hall–Kier alpha value is -1.96. The Labute approximate surface area is 151 Å². The molecule has 3 aliphatic rings. The molecular weight excluding hydrogens is 350 g/mol. The first-order valence-electron chi connectivity index (χ1n) is 9.40. The summed E-state index contributed by atoms with van der Waals surface area (Å²) in [5, 5.41) is 8.86. The Bertz CT molecular complexity index is 1130. The highest BCUT2D eigenvalue weighted by Gasteiger charge is 2.59. The number of sulfone groups is 1. The number of nitrogens with zero attached hydrogens (tertiary/aromatic N) is 4. The van der Waals surface area contributed by atoms with Crippen LogP contribution < -0.4 is 0 Å². The molecule has 26 heavy (non-hydrogen) atoms. The molecule has 3 aromatic rings. The van der Waals surface area contributed by atoms with Crippen molar-refractivity contribution in [3.63, 3.8) is 0 Å². The molecule has 136 valence electrons. The smallest absolute Gasteiger partial charge is 0.179 e. The molecule has 1 N–H and O–H groups in total. The number of fused-ring (bicyclic) bond motifs is 5. The molecule has 0 unspecified atom stereocenters. The molecule has 7 nitrogen and oxygen atoms in total. The highest BCUT2D eigenvalue weighted by molar-refractivity contribution is 7.92. The molecule has 0 radical (unpaired) electrons. The van der Waals surface area contributed by atoms with Crippen LogP contribution in [-0.4, -0.2) is 44.0 Å². The zero-order chi connectivity index (χ0) is 17.6. The summed E-state index contributed by atoms with van der Waals surface area (Å²) in [6.07, 6.45) is 10.2. The third-order valence-corrected chi connectivity index (χ3v) is 9.44. The SMILES string of the molecule is O=S(=O)(CC12CCC(c3nnc4cnc5[nH]ccc5n34)(CC1)C2)C1CC1. The van der Waals surface area contributed by atoms with Crippen LogP contribution in [0.1, 0.15) is 50.8 Å². The lowest BCUT2D eigenvalue weighted by molar-refractivity contribution is 0.327. The number of rotatable bonds is 4. The third kappa shape index (κ3) is 1.93. The molecule has 3 aromatic heterocycles. The lowest BCUT2D eigenvalue weighted by Crippen LogP contribution is -2.28. The minimum atomic E-state index is -2.94. The average Bonchev–Trinajstić information content (AvgIpc) is 2.96. The number of hydrogen-bond acceptors (Lipinski definition) is 5. The van der Waals surface area contributed by atoms with E-state index in [1.54, 1.807) is 6.20 Å². The standard InChI is InChI=1S/C18H21N5O2S/c24-26(25,12-1-2-12)11-17-4-6-18(10-17,7-5-17)16-22-21-14-9-20-15-13(23(14)16)3-8-19-15/h3,8-9,12,19H,1-2,4-7,10-11H2. The minimum Gasteiger partial charge on any atom is -0.345 e. The van der Waals surface area contributed by atoms with E-state index in [0.717, 1.165) is 67.6 Å². The van der Waals surface area contributed by atoms with Crippen molar-refractivity contribution in [2.45, 2.75) is 55.6 Å². The molecule has 0 spiro atoms. The van der Waals surface area contributed by atoms with E-state index in [9.17, 15) is 8.42 Å².